The quantitative estimate of drug-likeness (QED) is 0.655. The van der Waals surface area contributed by atoms with Gasteiger partial charge in [0.05, 0.1) is 5.56 Å². The lowest BCUT2D eigenvalue weighted by atomic mass is 10.1. The average molecular weight is 335 g/mol. The Balaban J connectivity index is 2.10. The second kappa shape index (κ2) is 5.45. The van der Waals surface area contributed by atoms with Crippen LogP contribution in [0.3, 0.4) is 0 Å². The molecule has 0 aliphatic carbocycles. The van der Waals surface area contributed by atoms with Crippen molar-refractivity contribution < 1.29 is 13.2 Å². The fourth-order valence-corrected chi connectivity index (χ4v) is 3.22. The van der Waals surface area contributed by atoms with Crippen molar-refractivity contribution >= 4 is 27.3 Å². The Morgan fingerprint density at radius 2 is 1.78 bits per heavy atom. The zero-order chi connectivity index (χ0) is 13.2. The molecule has 2 rings (SSSR count). The van der Waals surface area contributed by atoms with E-state index in [0.29, 0.717) is 0 Å². The van der Waals surface area contributed by atoms with Gasteiger partial charge >= 0.3 is 6.18 Å². The summed E-state index contributed by atoms with van der Waals surface area (Å²) in [7, 11) is 0. The SMILES string of the molecule is FC(F)(F)c1ccc(C(Br)Cc2cccs2)cc1. The van der Waals surface area contributed by atoms with Crippen LogP contribution in [-0.4, -0.2) is 0 Å². The number of thiophene rings is 1. The largest absolute Gasteiger partial charge is 0.416 e. The van der Waals surface area contributed by atoms with Crippen LogP contribution in [0.1, 0.15) is 20.8 Å². The Bertz CT molecular complexity index is 488. The van der Waals surface area contributed by atoms with E-state index < -0.39 is 11.7 Å². The van der Waals surface area contributed by atoms with E-state index in [-0.39, 0.29) is 4.83 Å². The lowest BCUT2D eigenvalue weighted by molar-refractivity contribution is -0.137. The van der Waals surface area contributed by atoms with Crippen LogP contribution in [0, 0.1) is 0 Å². The molecule has 0 saturated carbocycles. The molecular weight excluding hydrogens is 325 g/mol. The summed E-state index contributed by atoms with van der Waals surface area (Å²) in [6.07, 6.45) is -3.49. The van der Waals surface area contributed by atoms with Crippen LogP contribution in [0.25, 0.3) is 0 Å². The molecule has 1 heterocycles. The van der Waals surface area contributed by atoms with E-state index in [2.05, 4.69) is 15.9 Å². The van der Waals surface area contributed by atoms with Crippen molar-refractivity contribution in [2.45, 2.75) is 17.4 Å². The third kappa shape index (κ3) is 3.36. The Hall–Kier alpha value is -0.810. The maximum absolute atomic E-state index is 12.4. The van der Waals surface area contributed by atoms with Crippen molar-refractivity contribution in [2.75, 3.05) is 0 Å². The van der Waals surface area contributed by atoms with Gasteiger partial charge < -0.3 is 0 Å². The molecule has 0 aliphatic heterocycles. The highest BCUT2D eigenvalue weighted by Gasteiger charge is 2.30. The van der Waals surface area contributed by atoms with Gasteiger partial charge in [-0.25, -0.2) is 0 Å². The van der Waals surface area contributed by atoms with E-state index in [4.69, 9.17) is 0 Å². The fourth-order valence-electron chi connectivity index (χ4n) is 1.60. The van der Waals surface area contributed by atoms with Crippen molar-refractivity contribution in [3.05, 3.63) is 57.8 Å². The van der Waals surface area contributed by atoms with E-state index in [1.165, 1.54) is 17.0 Å². The van der Waals surface area contributed by atoms with Gasteiger partial charge in [0.1, 0.15) is 0 Å². The molecule has 0 aliphatic rings. The highest BCUT2D eigenvalue weighted by atomic mass is 79.9. The standard InChI is InChI=1S/C13H10BrF3S/c14-12(8-11-2-1-7-18-11)9-3-5-10(6-4-9)13(15,16)17/h1-7,12H,8H2. The highest BCUT2D eigenvalue weighted by molar-refractivity contribution is 9.09. The van der Waals surface area contributed by atoms with Crippen LogP contribution >= 0.6 is 27.3 Å². The molecule has 0 amide bonds. The number of halogens is 4. The Labute approximate surface area is 116 Å². The van der Waals surface area contributed by atoms with Gasteiger partial charge in [-0.05, 0) is 35.6 Å². The summed E-state index contributed by atoms with van der Waals surface area (Å²) in [5, 5.41) is 1.99. The molecular formula is C13H10BrF3S. The predicted molar refractivity (Wildman–Crippen MR) is 71.1 cm³/mol. The monoisotopic (exact) mass is 334 g/mol. The molecule has 1 unspecified atom stereocenters. The number of hydrogen-bond donors (Lipinski definition) is 0. The van der Waals surface area contributed by atoms with E-state index in [1.54, 1.807) is 11.3 Å². The second-order valence-electron chi connectivity index (χ2n) is 3.87. The first kappa shape index (κ1) is 13.6. The summed E-state index contributed by atoms with van der Waals surface area (Å²) >= 11 is 5.15. The lowest BCUT2D eigenvalue weighted by Gasteiger charge is -2.11. The lowest BCUT2D eigenvalue weighted by Crippen LogP contribution is -2.05. The van der Waals surface area contributed by atoms with Gasteiger partial charge in [0.15, 0.2) is 0 Å². The zero-order valence-corrected chi connectivity index (χ0v) is 11.6. The topological polar surface area (TPSA) is 0 Å². The Kier molecular flexibility index (Phi) is 4.12. The number of alkyl halides is 4. The minimum atomic E-state index is -4.27. The third-order valence-electron chi connectivity index (χ3n) is 2.56. The smallest absolute Gasteiger partial charge is 0.166 e. The Morgan fingerprint density at radius 1 is 1.11 bits per heavy atom. The molecule has 1 atom stereocenters. The highest BCUT2D eigenvalue weighted by Crippen LogP contribution is 2.33. The van der Waals surface area contributed by atoms with E-state index >= 15 is 0 Å². The van der Waals surface area contributed by atoms with Gasteiger partial charge in [-0.15, -0.1) is 11.3 Å². The molecule has 0 radical (unpaired) electrons. The van der Waals surface area contributed by atoms with Gasteiger partial charge in [0.2, 0.25) is 0 Å². The first-order valence-electron chi connectivity index (χ1n) is 5.30. The normalized spacial score (nSPS) is 13.6. The van der Waals surface area contributed by atoms with E-state index in [0.717, 1.165) is 24.1 Å². The molecule has 1 aromatic heterocycles. The molecule has 0 N–H and O–H groups in total. The Morgan fingerprint density at radius 3 is 2.28 bits per heavy atom. The molecule has 18 heavy (non-hydrogen) atoms. The van der Waals surface area contributed by atoms with E-state index in [9.17, 15) is 13.2 Å². The van der Waals surface area contributed by atoms with Crippen LogP contribution in [0.4, 0.5) is 13.2 Å². The van der Waals surface area contributed by atoms with Crippen LogP contribution in [0.2, 0.25) is 0 Å². The number of benzene rings is 1. The summed E-state index contributed by atoms with van der Waals surface area (Å²) in [5.74, 6) is 0. The average Bonchev–Trinajstić information content (AvgIpc) is 2.81. The fraction of sp³-hybridized carbons (Fsp3) is 0.231. The van der Waals surface area contributed by atoms with Gasteiger partial charge in [-0.1, -0.05) is 34.1 Å². The van der Waals surface area contributed by atoms with Crippen molar-refractivity contribution in [1.29, 1.82) is 0 Å². The molecule has 0 bridgehead atoms. The summed E-state index contributed by atoms with van der Waals surface area (Å²) < 4.78 is 37.2. The molecule has 1 aromatic carbocycles. The zero-order valence-electron chi connectivity index (χ0n) is 9.25. The summed E-state index contributed by atoms with van der Waals surface area (Å²) in [4.78, 5) is 1.25. The second-order valence-corrected chi connectivity index (χ2v) is 6.01. The van der Waals surface area contributed by atoms with Crippen LogP contribution in [-0.2, 0) is 12.6 Å². The first-order chi connectivity index (χ1) is 8.47. The van der Waals surface area contributed by atoms with Crippen molar-refractivity contribution in [3.8, 4) is 0 Å². The maximum atomic E-state index is 12.4. The third-order valence-corrected chi connectivity index (χ3v) is 4.31. The predicted octanol–water partition coefficient (Wildman–Crippen LogP) is 5.45. The number of hydrogen-bond acceptors (Lipinski definition) is 1. The molecule has 0 saturated heterocycles. The molecule has 96 valence electrons. The maximum Gasteiger partial charge on any atom is 0.416 e. The minimum absolute atomic E-state index is 0.0402. The van der Waals surface area contributed by atoms with Gasteiger partial charge in [0, 0.05) is 9.70 Å². The van der Waals surface area contributed by atoms with Crippen LogP contribution in [0.5, 0.6) is 0 Å². The summed E-state index contributed by atoms with van der Waals surface area (Å²) in [6, 6.07) is 9.28. The van der Waals surface area contributed by atoms with Gasteiger partial charge in [-0.2, -0.15) is 13.2 Å². The first-order valence-corrected chi connectivity index (χ1v) is 7.10. The molecule has 0 fully saturated rings. The molecule has 0 spiro atoms. The summed E-state index contributed by atoms with van der Waals surface area (Å²) in [5.41, 5.74) is 0.249. The molecule has 0 nitrogen and oxygen atoms in total. The van der Waals surface area contributed by atoms with Crippen molar-refractivity contribution in [1.82, 2.24) is 0 Å². The molecule has 5 heteroatoms. The van der Waals surface area contributed by atoms with Crippen LogP contribution < -0.4 is 0 Å². The van der Waals surface area contributed by atoms with Crippen molar-refractivity contribution in [3.63, 3.8) is 0 Å². The van der Waals surface area contributed by atoms with Gasteiger partial charge in [-0.3, -0.25) is 0 Å². The van der Waals surface area contributed by atoms with Crippen LogP contribution in [0.15, 0.2) is 41.8 Å². The summed E-state index contributed by atoms with van der Waals surface area (Å²) in [6.45, 7) is 0. The minimum Gasteiger partial charge on any atom is -0.166 e. The van der Waals surface area contributed by atoms with Gasteiger partial charge in [0.25, 0.3) is 0 Å². The van der Waals surface area contributed by atoms with E-state index in [1.807, 2.05) is 17.5 Å². The van der Waals surface area contributed by atoms with Crippen molar-refractivity contribution in [2.24, 2.45) is 0 Å². The number of rotatable bonds is 3. The molecule has 2 aromatic rings.